The quantitative estimate of drug-likeness (QED) is 0.519. The summed E-state index contributed by atoms with van der Waals surface area (Å²) in [5, 5.41) is 9.87. The Morgan fingerprint density at radius 3 is 2.32 bits per heavy atom. The lowest BCUT2D eigenvalue weighted by Crippen LogP contribution is -2.52. The molecule has 0 aromatic heterocycles. The van der Waals surface area contributed by atoms with Gasteiger partial charge in [0, 0.05) is 19.2 Å². The van der Waals surface area contributed by atoms with Gasteiger partial charge in [-0.05, 0) is 60.4 Å². The Hall–Kier alpha value is -3.99. The Bertz CT molecular complexity index is 1530. The van der Waals surface area contributed by atoms with Gasteiger partial charge < -0.3 is 10.0 Å². The van der Waals surface area contributed by atoms with E-state index in [1.54, 1.807) is 49.4 Å². The molecule has 2 aliphatic rings. The van der Waals surface area contributed by atoms with Crippen LogP contribution in [0.2, 0.25) is 0 Å². The number of hydrogen-bond acceptors (Lipinski definition) is 4. The average molecular weight is 542 g/mol. The molecular weight excluding hydrogens is 516 g/mol. The largest absolute Gasteiger partial charge is 0.465 e. The molecule has 38 heavy (non-hydrogen) atoms. The predicted octanol–water partition coefficient (Wildman–Crippen LogP) is 4.63. The van der Waals surface area contributed by atoms with Crippen LogP contribution in [0.5, 0.6) is 0 Å². The molecule has 3 aromatic rings. The molecule has 2 aliphatic heterocycles. The van der Waals surface area contributed by atoms with E-state index >= 15 is 0 Å². The minimum Gasteiger partial charge on any atom is -0.465 e. The number of anilines is 3. The minimum absolute atomic E-state index is 0.00911. The Morgan fingerprint density at radius 1 is 0.974 bits per heavy atom. The number of amides is 2. The van der Waals surface area contributed by atoms with E-state index in [-0.39, 0.29) is 24.3 Å². The summed E-state index contributed by atoms with van der Waals surface area (Å²) in [6.07, 6.45) is -0.922. The molecule has 2 heterocycles. The summed E-state index contributed by atoms with van der Waals surface area (Å²) in [5.41, 5.74) is 2.69. The monoisotopic (exact) mass is 541 g/mol. The van der Waals surface area contributed by atoms with Crippen LogP contribution in [0.1, 0.15) is 18.9 Å². The standard InChI is InChI=1S/C27H25F2N3O5S/c1-17-16-30(27(34)35)25-13-19(18-4-8-22(9-5-18)31-11-2-12-38(31,36)37)6-10-24(25)32(17)26(33)14-20-3-7-21(28)15-23(20)29/h3-10,13,15,17H,2,11-12,14,16H2,1H3,(H,34,35)/t17-/m0/s1. The maximum Gasteiger partial charge on any atom is 0.411 e. The number of carbonyl (C=O) groups excluding carboxylic acids is 1. The van der Waals surface area contributed by atoms with Crippen molar-refractivity contribution in [3.05, 3.63) is 77.9 Å². The number of sulfonamides is 1. The van der Waals surface area contributed by atoms with Crippen LogP contribution in [0.15, 0.2) is 60.7 Å². The van der Waals surface area contributed by atoms with Crippen molar-refractivity contribution in [1.82, 2.24) is 0 Å². The predicted molar refractivity (Wildman–Crippen MR) is 140 cm³/mol. The molecule has 0 spiro atoms. The van der Waals surface area contributed by atoms with Gasteiger partial charge in [0.25, 0.3) is 0 Å². The van der Waals surface area contributed by atoms with Gasteiger partial charge in [-0.25, -0.2) is 22.0 Å². The van der Waals surface area contributed by atoms with Crippen molar-refractivity contribution in [2.75, 3.05) is 32.9 Å². The molecule has 8 nitrogen and oxygen atoms in total. The van der Waals surface area contributed by atoms with Crippen molar-refractivity contribution < 1.29 is 31.9 Å². The van der Waals surface area contributed by atoms with Gasteiger partial charge in [-0.1, -0.05) is 24.3 Å². The van der Waals surface area contributed by atoms with Crippen LogP contribution in [-0.4, -0.2) is 50.4 Å². The van der Waals surface area contributed by atoms with Crippen LogP contribution in [0.4, 0.5) is 30.6 Å². The highest BCUT2D eigenvalue weighted by atomic mass is 32.2. The molecule has 0 saturated carbocycles. The third-order valence-corrected chi connectivity index (χ3v) is 8.73. The van der Waals surface area contributed by atoms with Crippen LogP contribution < -0.4 is 14.1 Å². The number of carbonyl (C=O) groups is 2. The first-order valence-electron chi connectivity index (χ1n) is 12.1. The molecule has 0 radical (unpaired) electrons. The second-order valence-corrected chi connectivity index (χ2v) is 11.4. The van der Waals surface area contributed by atoms with Gasteiger partial charge in [0.1, 0.15) is 11.6 Å². The molecule has 1 fully saturated rings. The fraction of sp³-hybridized carbons (Fsp3) is 0.259. The van der Waals surface area contributed by atoms with E-state index in [4.69, 9.17) is 0 Å². The number of nitrogens with zero attached hydrogens (tertiary/aromatic N) is 3. The van der Waals surface area contributed by atoms with Crippen LogP contribution in [-0.2, 0) is 21.2 Å². The Morgan fingerprint density at radius 2 is 1.68 bits per heavy atom. The molecule has 1 saturated heterocycles. The summed E-state index contributed by atoms with van der Waals surface area (Å²) < 4.78 is 53.4. The van der Waals surface area contributed by atoms with Crippen LogP contribution >= 0.6 is 0 Å². The zero-order valence-corrected chi connectivity index (χ0v) is 21.3. The molecule has 2 amide bonds. The summed E-state index contributed by atoms with van der Waals surface area (Å²) in [4.78, 5) is 28.0. The first-order valence-corrected chi connectivity index (χ1v) is 13.7. The average Bonchev–Trinajstić information content (AvgIpc) is 3.23. The van der Waals surface area contributed by atoms with E-state index in [2.05, 4.69) is 0 Å². The molecule has 0 unspecified atom stereocenters. The molecule has 0 bridgehead atoms. The number of hydrogen-bond donors (Lipinski definition) is 1. The Labute approximate surface area is 218 Å². The van der Waals surface area contributed by atoms with Crippen molar-refractivity contribution in [2.24, 2.45) is 0 Å². The number of benzene rings is 3. The lowest BCUT2D eigenvalue weighted by molar-refractivity contribution is -0.118. The van der Waals surface area contributed by atoms with E-state index in [0.717, 1.165) is 22.6 Å². The minimum atomic E-state index is -3.31. The molecule has 1 N–H and O–H groups in total. The van der Waals surface area contributed by atoms with Gasteiger partial charge in [0.05, 0.1) is 35.3 Å². The lowest BCUT2D eigenvalue weighted by atomic mass is 9.99. The molecule has 198 valence electrons. The third kappa shape index (κ3) is 4.69. The molecule has 3 aromatic carbocycles. The van der Waals surface area contributed by atoms with Crippen molar-refractivity contribution in [3.63, 3.8) is 0 Å². The number of rotatable bonds is 4. The van der Waals surface area contributed by atoms with E-state index in [1.165, 1.54) is 15.3 Å². The van der Waals surface area contributed by atoms with Crippen molar-refractivity contribution in [2.45, 2.75) is 25.8 Å². The van der Waals surface area contributed by atoms with E-state index in [1.807, 2.05) is 0 Å². The third-order valence-electron chi connectivity index (χ3n) is 6.86. The highest BCUT2D eigenvalue weighted by Crippen LogP contribution is 2.39. The lowest BCUT2D eigenvalue weighted by Gasteiger charge is -2.40. The fourth-order valence-electron chi connectivity index (χ4n) is 5.03. The Balaban J connectivity index is 1.48. The van der Waals surface area contributed by atoms with Crippen molar-refractivity contribution >= 4 is 39.1 Å². The molecule has 1 atom stereocenters. The van der Waals surface area contributed by atoms with Gasteiger partial charge in [-0.3, -0.25) is 14.0 Å². The smallest absolute Gasteiger partial charge is 0.411 e. The highest BCUT2D eigenvalue weighted by Gasteiger charge is 2.35. The normalized spacial score (nSPS) is 18.4. The highest BCUT2D eigenvalue weighted by molar-refractivity contribution is 7.93. The van der Waals surface area contributed by atoms with Crippen LogP contribution in [0.3, 0.4) is 0 Å². The summed E-state index contributed by atoms with van der Waals surface area (Å²) in [5.74, 6) is -1.89. The summed E-state index contributed by atoms with van der Waals surface area (Å²) in [7, 11) is -3.31. The first-order chi connectivity index (χ1) is 18.0. The van der Waals surface area contributed by atoms with Crippen molar-refractivity contribution in [1.29, 1.82) is 0 Å². The molecule has 0 aliphatic carbocycles. The fourth-order valence-corrected chi connectivity index (χ4v) is 6.59. The van der Waals surface area contributed by atoms with Crippen LogP contribution in [0.25, 0.3) is 11.1 Å². The van der Waals surface area contributed by atoms with Gasteiger partial charge in [0.2, 0.25) is 15.9 Å². The van der Waals surface area contributed by atoms with E-state index in [0.29, 0.717) is 35.6 Å². The first kappa shape index (κ1) is 25.7. The van der Waals surface area contributed by atoms with Gasteiger partial charge in [-0.15, -0.1) is 0 Å². The molecule has 11 heteroatoms. The van der Waals surface area contributed by atoms with Gasteiger partial charge in [-0.2, -0.15) is 0 Å². The second-order valence-electron chi connectivity index (χ2n) is 9.41. The summed E-state index contributed by atoms with van der Waals surface area (Å²) in [6, 6.07) is 14.5. The maximum atomic E-state index is 14.2. The zero-order valence-electron chi connectivity index (χ0n) is 20.5. The van der Waals surface area contributed by atoms with E-state index < -0.39 is 39.7 Å². The maximum absolute atomic E-state index is 14.2. The molecular formula is C27H25F2N3O5S. The van der Waals surface area contributed by atoms with E-state index in [9.17, 15) is 31.9 Å². The van der Waals surface area contributed by atoms with Gasteiger partial charge in [0.15, 0.2) is 0 Å². The zero-order chi connectivity index (χ0) is 27.2. The number of carboxylic acid groups (broad SMARTS) is 1. The second kappa shape index (κ2) is 9.71. The molecule has 5 rings (SSSR count). The summed E-state index contributed by atoms with van der Waals surface area (Å²) in [6.45, 7) is 2.14. The van der Waals surface area contributed by atoms with Gasteiger partial charge >= 0.3 is 6.09 Å². The number of fused-ring (bicyclic) bond motifs is 1. The topological polar surface area (TPSA) is 98.2 Å². The SMILES string of the molecule is C[C@H]1CN(C(=O)O)c2cc(-c3ccc(N4CCCS4(=O)=O)cc3)ccc2N1C(=O)Cc1ccc(F)cc1F. The number of halogens is 2. The summed E-state index contributed by atoms with van der Waals surface area (Å²) >= 11 is 0. The van der Waals surface area contributed by atoms with Crippen LogP contribution in [0, 0.1) is 11.6 Å². The Kier molecular flexibility index (Phi) is 6.56. The van der Waals surface area contributed by atoms with Crippen molar-refractivity contribution in [3.8, 4) is 11.1 Å².